The fraction of sp³-hybridized carbons (Fsp3) is 0.263. The van der Waals surface area contributed by atoms with E-state index in [0.717, 1.165) is 12.7 Å². The molecule has 0 unspecified atom stereocenters. The quantitative estimate of drug-likeness (QED) is 0.545. The molecule has 0 atom stereocenters. The van der Waals surface area contributed by atoms with E-state index in [2.05, 4.69) is 4.98 Å². The van der Waals surface area contributed by atoms with Crippen LogP contribution in [0.1, 0.15) is 24.3 Å². The summed E-state index contributed by atoms with van der Waals surface area (Å²) in [6.45, 7) is 2.81. The maximum absolute atomic E-state index is 12.9. The van der Waals surface area contributed by atoms with E-state index in [4.69, 9.17) is 4.74 Å². The molecule has 0 saturated carbocycles. The summed E-state index contributed by atoms with van der Waals surface area (Å²) in [5.41, 5.74) is 1.20. The molecule has 0 aliphatic rings. The molecule has 0 saturated heterocycles. The van der Waals surface area contributed by atoms with E-state index in [1.165, 1.54) is 24.4 Å². The van der Waals surface area contributed by atoms with Crippen LogP contribution in [0.4, 0.5) is 0 Å². The minimum Gasteiger partial charge on any atom is -0.464 e. The summed E-state index contributed by atoms with van der Waals surface area (Å²) >= 11 is 0. The highest BCUT2D eigenvalue weighted by Gasteiger charge is 2.36. The number of carbonyl (C=O) groups is 1. The van der Waals surface area contributed by atoms with E-state index in [9.17, 15) is 21.6 Å². The molecular formula is C19H20N2O6S2. The average Bonchev–Trinajstić information content (AvgIpc) is 3.10. The van der Waals surface area contributed by atoms with Gasteiger partial charge in [-0.2, -0.15) is 0 Å². The van der Waals surface area contributed by atoms with Crippen molar-refractivity contribution in [2.75, 3.05) is 18.6 Å². The van der Waals surface area contributed by atoms with Gasteiger partial charge in [-0.25, -0.2) is 21.6 Å². The Morgan fingerprint density at radius 2 is 1.55 bits per heavy atom. The van der Waals surface area contributed by atoms with Crippen molar-refractivity contribution < 1.29 is 26.4 Å². The molecule has 154 valence electrons. The van der Waals surface area contributed by atoms with Crippen LogP contribution in [0.2, 0.25) is 0 Å². The van der Waals surface area contributed by atoms with Crippen molar-refractivity contribution in [3.8, 4) is 11.1 Å². The predicted molar refractivity (Wildman–Crippen MR) is 107 cm³/mol. The first-order chi connectivity index (χ1) is 13.7. The monoisotopic (exact) mass is 436 g/mol. The van der Waals surface area contributed by atoms with E-state index in [-0.39, 0.29) is 27.6 Å². The molecule has 0 bridgehead atoms. The third-order valence-corrected chi connectivity index (χ3v) is 8.33. The summed E-state index contributed by atoms with van der Waals surface area (Å²) in [5.74, 6) is -1.61. The van der Waals surface area contributed by atoms with Crippen molar-refractivity contribution in [3.05, 3.63) is 48.5 Å². The minimum absolute atomic E-state index is 0.105. The Kier molecular flexibility index (Phi) is 5.50. The molecule has 8 nitrogen and oxygen atoms in total. The van der Waals surface area contributed by atoms with Crippen LogP contribution in [0.5, 0.6) is 0 Å². The molecule has 0 fully saturated rings. The van der Waals surface area contributed by atoms with Gasteiger partial charge in [-0.15, -0.1) is 0 Å². The molecule has 0 amide bonds. The van der Waals surface area contributed by atoms with Crippen molar-refractivity contribution in [2.45, 2.75) is 23.6 Å². The first kappa shape index (κ1) is 21.0. The highest BCUT2D eigenvalue weighted by atomic mass is 32.2. The molecule has 0 radical (unpaired) electrons. The molecule has 29 heavy (non-hydrogen) atoms. The molecule has 0 aliphatic heterocycles. The van der Waals surface area contributed by atoms with Gasteiger partial charge < -0.3 is 9.14 Å². The zero-order valence-electron chi connectivity index (χ0n) is 16.1. The number of methoxy groups -OCH3 is 1. The van der Waals surface area contributed by atoms with Crippen LogP contribution in [0, 0.1) is 0 Å². The van der Waals surface area contributed by atoms with E-state index >= 15 is 0 Å². The summed E-state index contributed by atoms with van der Waals surface area (Å²) in [4.78, 5) is 15.6. The third kappa shape index (κ3) is 3.53. The highest BCUT2D eigenvalue weighted by molar-refractivity contribution is 7.94. The Morgan fingerprint density at radius 1 is 0.966 bits per heavy atom. The van der Waals surface area contributed by atoms with Crippen molar-refractivity contribution in [2.24, 2.45) is 0 Å². The molecule has 3 heterocycles. The number of ether oxygens (including phenoxy) is 1. The topological polar surface area (TPSA) is 112 Å². The second kappa shape index (κ2) is 7.60. The average molecular weight is 437 g/mol. The molecule has 3 aromatic heterocycles. The molecule has 0 spiro atoms. The molecule has 0 aromatic carbocycles. The van der Waals surface area contributed by atoms with Gasteiger partial charge in [-0.3, -0.25) is 4.98 Å². The maximum atomic E-state index is 12.9. The lowest BCUT2D eigenvalue weighted by Gasteiger charge is -2.06. The summed E-state index contributed by atoms with van der Waals surface area (Å²) < 4.78 is 57.6. The van der Waals surface area contributed by atoms with Gasteiger partial charge in [-0.1, -0.05) is 13.8 Å². The molecule has 10 heteroatoms. The predicted octanol–water partition coefficient (Wildman–Crippen LogP) is 2.38. The number of fused-ring (bicyclic) bond motifs is 1. The number of aromatic nitrogens is 2. The maximum Gasteiger partial charge on any atom is 0.356 e. The van der Waals surface area contributed by atoms with E-state index in [1.807, 2.05) is 0 Å². The van der Waals surface area contributed by atoms with Gasteiger partial charge in [0.1, 0.15) is 9.79 Å². The van der Waals surface area contributed by atoms with Crippen molar-refractivity contribution >= 4 is 31.2 Å². The summed E-state index contributed by atoms with van der Waals surface area (Å²) in [5, 5.41) is 0. The molecule has 0 N–H and O–H groups in total. The van der Waals surface area contributed by atoms with Crippen LogP contribution >= 0.6 is 0 Å². The summed E-state index contributed by atoms with van der Waals surface area (Å²) in [7, 11) is -6.93. The molecule has 3 rings (SSSR count). The standard InChI is InChI=1S/C19H20N2O6S2/c1-4-28(23,24)17-15-12-14(13-6-9-20-10-7-13)8-11-21(15)16(19(22)27-3)18(17)29(25,26)5-2/h6-12H,4-5H2,1-3H3. The first-order valence-corrected chi connectivity index (χ1v) is 12.1. The number of nitrogens with zero attached hydrogens (tertiary/aromatic N) is 2. The lowest BCUT2D eigenvalue weighted by molar-refractivity contribution is 0.0588. The van der Waals surface area contributed by atoms with Gasteiger partial charge in [-0.05, 0) is 35.4 Å². The van der Waals surface area contributed by atoms with Crippen LogP contribution in [0.25, 0.3) is 16.6 Å². The number of hydrogen-bond acceptors (Lipinski definition) is 7. The van der Waals surface area contributed by atoms with Crippen molar-refractivity contribution in [1.82, 2.24) is 9.38 Å². The van der Waals surface area contributed by atoms with E-state index < -0.39 is 30.5 Å². The molecular weight excluding hydrogens is 416 g/mol. The second-order valence-corrected chi connectivity index (χ2v) is 10.6. The number of rotatable bonds is 6. The molecule has 3 aromatic rings. The zero-order valence-corrected chi connectivity index (χ0v) is 17.7. The van der Waals surface area contributed by atoms with E-state index in [0.29, 0.717) is 5.56 Å². The first-order valence-electron chi connectivity index (χ1n) is 8.80. The van der Waals surface area contributed by atoms with Gasteiger partial charge in [0.15, 0.2) is 25.4 Å². The Hall–Kier alpha value is -2.72. The zero-order chi connectivity index (χ0) is 21.4. The van der Waals surface area contributed by atoms with Gasteiger partial charge >= 0.3 is 5.97 Å². The summed E-state index contributed by atoms with van der Waals surface area (Å²) in [6.07, 6.45) is 4.66. The van der Waals surface area contributed by atoms with Crippen molar-refractivity contribution in [3.63, 3.8) is 0 Å². The lowest BCUT2D eigenvalue weighted by atomic mass is 10.1. The Labute approximate surface area is 169 Å². The molecule has 0 aliphatic carbocycles. The smallest absolute Gasteiger partial charge is 0.356 e. The van der Waals surface area contributed by atoms with Crippen molar-refractivity contribution in [1.29, 1.82) is 0 Å². The largest absolute Gasteiger partial charge is 0.464 e. The normalized spacial score (nSPS) is 12.2. The Morgan fingerprint density at radius 3 is 2.10 bits per heavy atom. The lowest BCUT2D eigenvalue weighted by Crippen LogP contribution is -2.16. The van der Waals surface area contributed by atoms with Crippen LogP contribution in [0.15, 0.2) is 52.6 Å². The van der Waals surface area contributed by atoms with Crippen LogP contribution in [-0.2, 0) is 24.4 Å². The second-order valence-electron chi connectivity index (χ2n) is 6.21. The number of carbonyl (C=O) groups excluding carboxylic acids is 1. The van der Waals surface area contributed by atoms with E-state index in [1.54, 1.807) is 36.7 Å². The highest BCUT2D eigenvalue weighted by Crippen LogP contribution is 2.36. The van der Waals surface area contributed by atoms with Crippen LogP contribution in [-0.4, -0.2) is 50.8 Å². The SMILES string of the molecule is CCS(=O)(=O)c1c(S(=O)(=O)CC)c2cc(-c3ccncc3)ccn2c1C(=O)OC. The number of pyridine rings is 2. The van der Waals surface area contributed by atoms with Crippen LogP contribution in [0.3, 0.4) is 0 Å². The van der Waals surface area contributed by atoms with Gasteiger partial charge in [0.2, 0.25) is 0 Å². The Bertz CT molecular complexity index is 1290. The Balaban J connectivity index is 2.55. The fourth-order valence-electron chi connectivity index (χ4n) is 3.09. The number of sulfone groups is 2. The number of esters is 1. The van der Waals surface area contributed by atoms with Gasteiger partial charge in [0, 0.05) is 18.6 Å². The minimum atomic E-state index is -4.06. The third-order valence-electron chi connectivity index (χ3n) is 4.62. The summed E-state index contributed by atoms with van der Waals surface area (Å²) in [6, 6.07) is 6.71. The van der Waals surface area contributed by atoms with Gasteiger partial charge in [0.05, 0.1) is 24.1 Å². The van der Waals surface area contributed by atoms with Crippen LogP contribution < -0.4 is 0 Å². The number of hydrogen-bond donors (Lipinski definition) is 0. The van der Waals surface area contributed by atoms with Gasteiger partial charge in [0.25, 0.3) is 0 Å². The fourth-order valence-corrected chi connectivity index (χ4v) is 6.15.